The van der Waals surface area contributed by atoms with Crippen molar-refractivity contribution < 1.29 is 17.2 Å². The van der Waals surface area contributed by atoms with E-state index in [1.54, 1.807) is 6.08 Å². The fourth-order valence-corrected chi connectivity index (χ4v) is 4.75. The van der Waals surface area contributed by atoms with Crippen LogP contribution < -0.4 is 16.2 Å². The van der Waals surface area contributed by atoms with E-state index in [1.165, 1.54) is 10.9 Å². The molecule has 0 spiro atoms. The molecular weight excluding hydrogens is 445 g/mol. The molecule has 12 heteroatoms. The first-order chi connectivity index (χ1) is 14.9. The number of nitrogens with one attached hydrogen (secondary N) is 1. The van der Waals surface area contributed by atoms with Crippen molar-refractivity contribution >= 4 is 43.9 Å². The first-order valence-electron chi connectivity index (χ1n) is 8.96. The number of benzene rings is 2. The number of anilines is 1. The SMILES string of the molecule is NC/C=C/c1ccccc1Cn1c(=O)oc2cc(S(=O)(=O)Nc3ncns3)c(F)cc21. The van der Waals surface area contributed by atoms with Crippen molar-refractivity contribution in [1.82, 2.24) is 13.9 Å². The summed E-state index contributed by atoms with van der Waals surface area (Å²) in [7, 11) is -4.29. The van der Waals surface area contributed by atoms with E-state index < -0.39 is 26.5 Å². The van der Waals surface area contributed by atoms with Gasteiger partial charge in [0.1, 0.15) is 17.0 Å². The molecule has 0 atom stereocenters. The maximum atomic E-state index is 14.8. The molecule has 0 saturated carbocycles. The molecule has 0 amide bonds. The van der Waals surface area contributed by atoms with Crippen LogP contribution in [-0.4, -0.2) is 28.9 Å². The van der Waals surface area contributed by atoms with Crippen LogP contribution in [0.1, 0.15) is 11.1 Å². The smallest absolute Gasteiger partial charge is 0.408 e. The van der Waals surface area contributed by atoms with Gasteiger partial charge in [-0.15, -0.1) is 0 Å². The lowest BCUT2D eigenvalue weighted by atomic mass is 10.1. The van der Waals surface area contributed by atoms with Crippen molar-refractivity contribution in [3.8, 4) is 0 Å². The molecule has 31 heavy (non-hydrogen) atoms. The van der Waals surface area contributed by atoms with Crippen molar-refractivity contribution in [3.05, 3.63) is 76.3 Å². The Labute approximate surface area is 179 Å². The lowest BCUT2D eigenvalue weighted by Gasteiger charge is -2.08. The molecule has 0 radical (unpaired) electrons. The second-order valence-corrected chi connectivity index (χ2v) is 8.82. The Morgan fingerprint density at radius 3 is 2.84 bits per heavy atom. The summed E-state index contributed by atoms with van der Waals surface area (Å²) in [5.74, 6) is -1.77. The van der Waals surface area contributed by atoms with Crippen LogP contribution >= 0.6 is 11.5 Å². The number of nitrogens with zero attached hydrogens (tertiary/aromatic N) is 3. The summed E-state index contributed by atoms with van der Waals surface area (Å²) in [6.45, 7) is 0.460. The average Bonchev–Trinajstić information content (AvgIpc) is 3.34. The minimum Gasteiger partial charge on any atom is -0.408 e. The summed E-state index contributed by atoms with van der Waals surface area (Å²) in [5, 5.41) is -0.0133. The lowest BCUT2D eigenvalue weighted by Crippen LogP contribution is -2.16. The summed E-state index contributed by atoms with van der Waals surface area (Å²) in [4.78, 5) is 15.5. The number of fused-ring (bicyclic) bond motifs is 1. The Morgan fingerprint density at radius 1 is 1.29 bits per heavy atom. The molecule has 0 bridgehead atoms. The van der Waals surface area contributed by atoms with E-state index in [2.05, 4.69) is 14.1 Å². The molecule has 9 nitrogen and oxygen atoms in total. The maximum Gasteiger partial charge on any atom is 0.420 e. The molecule has 4 rings (SSSR count). The normalized spacial score (nSPS) is 12.1. The van der Waals surface area contributed by atoms with Gasteiger partial charge in [-0.05, 0) is 11.1 Å². The first-order valence-corrected chi connectivity index (χ1v) is 11.2. The molecule has 160 valence electrons. The first kappa shape index (κ1) is 20.9. The molecule has 2 heterocycles. The predicted molar refractivity (Wildman–Crippen MR) is 115 cm³/mol. The van der Waals surface area contributed by atoms with Crippen LogP contribution in [0.25, 0.3) is 17.2 Å². The Balaban J connectivity index is 1.75. The maximum absolute atomic E-state index is 14.8. The average molecular weight is 462 g/mol. The van der Waals surface area contributed by atoms with Crippen LogP contribution in [0.2, 0.25) is 0 Å². The van der Waals surface area contributed by atoms with E-state index in [0.717, 1.165) is 34.8 Å². The van der Waals surface area contributed by atoms with Crippen LogP contribution in [0.3, 0.4) is 0 Å². The highest BCUT2D eigenvalue weighted by Crippen LogP contribution is 2.25. The summed E-state index contributed by atoms with van der Waals surface area (Å²) >= 11 is 0.804. The predicted octanol–water partition coefficient (Wildman–Crippen LogP) is 2.41. The third-order valence-corrected chi connectivity index (χ3v) is 6.47. The molecule has 4 aromatic rings. The van der Waals surface area contributed by atoms with E-state index in [9.17, 15) is 17.6 Å². The van der Waals surface area contributed by atoms with Crippen LogP contribution in [0.4, 0.5) is 9.52 Å². The number of rotatable bonds is 7. The Hall–Kier alpha value is -3.35. The van der Waals surface area contributed by atoms with Crippen LogP contribution in [0.5, 0.6) is 0 Å². The standard InChI is InChI=1S/C19H16FN5O4S2/c20-14-8-15-16(9-17(14)31(27,28)24-18-22-11-23-30-18)29-19(26)25(15)10-13-5-2-1-4-12(13)6-3-7-21/h1-6,8-9,11H,7,10,21H2,(H,22,23,24)/b6-3+. The summed E-state index contributed by atoms with van der Waals surface area (Å²) in [6.07, 6.45) is 4.77. The monoisotopic (exact) mass is 461 g/mol. The highest BCUT2D eigenvalue weighted by molar-refractivity contribution is 7.93. The Morgan fingerprint density at radius 2 is 2.10 bits per heavy atom. The van der Waals surface area contributed by atoms with Gasteiger partial charge >= 0.3 is 5.76 Å². The van der Waals surface area contributed by atoms with Crippen molar-refractivity contribution in [3.63, 3.8) is 0 Å². The number of oxazole rings is 1. The molecular formula is C19H16FN5O4S2. The minimum absolute atomic E-state index is 0.0133. The van der Waals surface area contributed by atoms with Gasteiger partial charge in [-0.2, -0.15) is 4.37 Å². The van der Waals surface area contributed by atoms with E-state index in [1.807, 2.05) is 30.3 Å². The second kappa shape index (κ2) is 8.41. The van der Waals surface area contributed by atoms with Crippen LogP contribution in [0.15, 0.2) is 62.9 Å². The number of nitrogens with two attached hydrogens (primary N) is 1. The summed E-state index contributed by atoms with van der Waals surface area (Å²) < 4.78 is 52.1. The zero-order valence-corrected chi connectivity index (χ0v) is 17.5. The van der Waals surface area contributed by atoms with Crippen LogP contribution in [0, 0.1) is 5.82 Å². The molecule has 0 saturated heterocycles. The van der Waals surface area contributed by atoms with E-state index in [4.69, 9.17) is 10.2 Å². The van der Waals surface area contributed by atoms with Gasteiger partial charge in [-0.1, -0.05) is 36.4 Å². The van der Waals surface area contributed by atoms with Crippen molar-refractivity contribution in [2.24, 2.45) is 5.73 Å². The molecule has 0 unspecified atom stereocenters. The Bertz CT molecular complexity index is 1430. The Kier molecular flexibility index (Phi) is 5.67. The van der Waals surface area contributed by atoms with Crippen molar-refractivity contribution in [2.45, 2.75) is 11.4 Å². The van der Waals surface area contributed by atoms with Crippen LogP contribution in [-0.2, 0) is 16.6 Å². The zero-order valence-electron chi connectivity index (χ0n) is 15.9. The topological polar surface area (TPSA) is 133 Å². The van der Waals surface area contributed by atoms with Gasteiger partial charge in [0.05, 0.1) is 12.1 Å². The summed E-state index contributed by atoms with van der Waals surface area (Å²) in [5.41, 5.74) is 7.21. The van der Waals surface area contributed by atoms with Gasteiger partial charge < -0.3 is 10.2 Å². The van der Waals surface area contributed by atoms with E-state index in [-0.39, 0.29) is 22.8 Å². The van der Waals surface area contributed by atoms with Gasteiger partial charge in [0.2, 0.25) is 5.13 Å². The highest BCUT2D eigenvalue weighted by Gasteiger charge is 2.24. The largest absolute Gasteiger partial charge is 0.420 e. The molecule has 0 aliphatic rings. The number of hydrogen-bond donors (Lipinski definition) is 2. The number of hydrogen-bond acceptors (Lipinski definition) is 8. The molecule has 3 N–H and O–H groups in total. The van der Waals surface area contributed by atoms with Gasteiger partial charge in [0, 0.05) is 30.2 Å². The second-order valence-electron chi connectivity index (χ2n) is 6.39. The van der Waals surface area contributed by atoms with Crippen molar-refractivity contribution in [1.29, 1.82) is 0 Å². The quantitative estimate of drug-likeness (QED) is 0.432. The molecule has 0 aliphatic heterocycles. The zero-order chi connectivity index (χ0) is 22.0. The number of sulfonamides is 1. The van der Waals surface area contributed by atoms with Gasteiger partial charge in [0.25, 0.3) is 10.0 Å². The third-order valence-electron chi connectivity index (χ3n) is 4.41. The number of halogens is 1. The lowest BCUT2D eigenvalue weighted by molar-refractivity contribution is 0.516. The van der Waals surface area contributed by atoms with E-state index >= 15 is 0 Å². The molecule has 2 aromatic heterocycles. The highest BCUT2D eigenvalue weighted by atomic mass is 32.2. The van der Waals surface area contributed by atoms with Gasteiger partial charge in [-0.25, -0.2) is 22.6 Å². The van der Waals surface area contributed by atoms with Gasteiger partial charge in [0.15, 0.2) is 5.58 Å². The molecule has 0 fully saturated rings. The summed E-state index contributed by atoms with van der Waals surface area (Å²) in [6, 6.07) is 9.28. The van der Waals surface area contributed by atoms with Gasteiger partial charge in [-0.3, -0.25) is 9.29 Å². The number of aromatic nitrogens is 3. The molecule has 2 aromatic carbocycles. The van der Waals surface area contributed by atoms with Crippen molar-refractivity contribution in [2.75, 3.05) is 11.3 Å². The third kappa shape index (κ3) is 4.26. The minimum atomic E-state index is -4.29. The fourth-order valence-electron chi connectivity index (χ4n) is 3.01. The van der Waals surface area contributed by atoms with E-state index in [0.29, 0.717) is 6.54 Å². The fraction of sp³-hybridized carbons (Fsp3) is 0.105. The molecule has 0 aliphatic carbocycles.